The monoisotopic (exact) mass is 367 g/mol. The van der Waals surface area contributed by atoms with Gasteiger partial charge in [-0.1, -0.05) is 0 Å². The molecule has 0 aliphatic carbocycles. The van der Waals surface area contributed by atoms with Gasteiger partial charge in [0, 0.05) is 24.6 Å². The van der Waals surface area contributed by atoms with Gasteiger partial charge in [-0.15, -0.1) is 0 Å². The molecule has 1 atom stereocenters. The molecule has 1 unspecified atom stereocenters. The average Bonchev–Trinajstić information content (AvgIpc) is 3.00. The molecule has 0 spiro atoms. The summed E-state index contributed by atoms with van der Waals surface area (Å²) in [7, 11) is 0. The second kappa shape index (κ2) is 7.78. The van der Waals surface area contributed by atoms with Crippen LogP contribution in [0.1, 0.15) is 18.4 Å². The second-order valence-electron chi connectivity index (χ2n) is 5.63. The van der Waals surface area contributed by atoms with E-state index in [0.29, 0.717) is 11.3 Å². The van der Waals surface area contributed by atoms with Crippen molar-refractivity contribution in [1.82, 2.24) is 0 Å². The maximum Gasteiger partial charge on any atom is 0.341 e. The lowest BCUT2D eigenvalue weighted by Crippen LogP contribution is -2.34. The summed E-state index contributed by atoms with van der Waals surface area (Å²) < 4.78 is 5.08. The standard InChI is InChI=1S/C15H17N3O8/c16-9(15(22)23)1-4-12(19)17-6-5-8-10(17)2-3-11(18(24)25)14(8)26-7-13(20)21/h2-3,9H,1,4-7,16H2,(H,20,21)(H,22,23). The Balaban J connectivity index is 2.25. The van der Waals surface area contributed by atoms with E-state index >= 15 is 0 Å². The van der Waals surface area contributed by atoms with Crippen molar-refractivity contribution >= 4 is 29.2 Å². The van der Waals surface area contributed by atoms with Crippen LogP contribution in [-0.4, -0.2) is 52.2 Å². The number of benzene rings is 1. The minimum absolute atomic E-state index is 0.0463. The summed E-state index contributed by atoms with van der Waals surface area (Å²) in [5.74, 6) is -3.05. The number of amides is 1. The summed E-state index contributed by atoms with van der Waals surface area (Å²) in [6.45, 7) is -0.528. The number of carboxylic acid groups (broad SMARTS) is 2. The Kier molecular flexibility index (Phi) is 5.72. The smallest absolute Gasteiger partial charge is 0.341 e. The number of hydrogen-bond acceptors (Lipinski definition) is 7. The number of carbonyl (C=O) groups excluding carboxylic acids is 1. The van der Waals surface area contributed by atoms with Crippen LogP contribution in [-0.2, 0) is 20.8 Å². The molecule has 0 saturated heterocycles. The van der Waals surface area contributed by atoms with Gasteiger partial charge in [-0.25, -0.2) is 4.79 Å². The fourth-order valence-electron chi connectivity index (χ4n) is 2.68. The Morgan fingerprint density at radius 1 is 1.35 bits per heavy atom. The molecule has 2 rings (SSSR count). The molecule has 0 aromatic heterocycles. The number of aliphatic carboxylic acids is 2. The molecule has 4 N–H and O–H groups in total. The number of nitro benzene ring substituents is 1. The normalized spacial score (nSPS) is 13.8. The van der Waals surface area contributed by atoms with E-state index in [-0.39, 0.29) is 43.2 Å². The number of rotatable bonds is 8. The van der Waals surface area contributed by atoms with Gasteiger partial charge in [-0.2, -0.15) is 0 Å². The summed E-state index contributed by atoms with van der Waals surface area (Å²) in [5.41, 5.74) is 5.75. The van der Waals surface area contributed by atoms with Crippen molar-refractivity contribution in [1.29, 1.82) is 0 Å². The molecule has 0 radical (unpaired) electrons. The Morgan fingerprint density at radius 2 is 2.04 bits per heavy atom. The third-order valence-electron chi connectivity index (χ3n) is 3.92. The first-order valence-corrected chi connectivity index (χ1v) is 7.66. The summed E-state index contributed by atoms with van der Waals surface area (Å²) in [4.78, 5) is 45.6. The number of ether oxygens (including phenoxy) is 1. The summed E-state index contributed by atoms with van der Waals surface area (Å²) in [6, 6.07) is 1.38. The third-order valence-corrected chi connectivity index (χ3v) is 3.92. The molecule has 1 amide bonds. The van der Waals surface area contributed by atoms with E-state index in [1.165, 1.54) is 11.0 Å². The zero-order chi connectivity index (χ0) is 19.4. The molecular formula is C15H17N3O8. The largest absolute Gasteiger partial charge is 0.480 e. The van der Waals surface area contributed by atoms with E-state index in [1.807, 2.05) is 0 Å². The van der Waals surface area contributed by atoms with Crippen LogP contribution in [0.25, 0.3) is 0 Å². The Labute approximate surface area is 147 Å². The summed E-state index contributed by atoms with van der Waals surface area (Å²) in [5, 5.41) is 28.7. The lowest BCUT2D eigenvalue weighted by molar-refractivity contribution is -0.385. The van der Waals surface area contributed by atoms with E-state index in [0.717, 1.165) is 6.07 Å². The van der Waals surface area contributed by atoms with Gasteiger partial charge in [-0.05, 0) is 18.9 Å². The predicted molar refractivity (Wildman–Crippen MR) is 87.1 cm³/mol. The van der Waals surface area contributed by atoms with Gasteiger partial charge in [0.25, 0.3) is 0 Å². The van der Waals surface area contributed by atoms with Crippen LogP contribution >= 0.6 is 0 Å². The average molecular weight is 367 g/mol. The Bertz CT molecular complexity index is 764. The van der Waals surface area contributed by atoms with Crippen molar-refractivity contribution in [3.05, 3.63) is 27.8 Å². The van der Waals surface area contributed by atoms with E-state index in [4.69, 9.17) is 20.7 Å². The number of nitro groups is 1. The highest BCUT2D eigenvalue weighted by atomic mass is 16.6. The molecule has 0 fully saturated rings. The number of nitrogens with zero attached hydrogens (tertiary/aromatic N) is 2. The van der Waals surface area contributed by atoms with Crippen LogP contribution in [0, 0.1) is 10.1 Å². The minimum Gasteiger partial charge on any atom is -0.480 e. The minimum atomic E-state index is -1.29. The molecule has 1 aliphatic rings. The maximum atomic E-state index is 12.3. The van der Waals surface area contributed by atoms with Crippen LogP contribution in [0.4, 0.5) is 11.4 Å². The first-order chi connectivity index (χ1) is 12.2. The zero-order valence-corrected chi connectivity index (χ0v) is 13.6. The quantitative estimate of drug-likeness (QED) is 0.426. The zero-order valence-electron chi connectivity index (χ0n) is 13.6. The highest BCUT2D eigenvalue weighted by molar-refractivity contribution is 5.96. The van der Waals surface area contributed by atoms with E-state index < -0.39 is 29.5 Å². The van der Waals surface area contributed by atoms with Gasteiger partial charge in [-0.3, -0.25) is 19.7 Å². The fraction of sp³-hybridized carbons (Fsp3) is 0.400. The highest BCUT2D eigenvalue weighted by Gasteiger charge is 2.32. The van der Waals surface area contributed by atoms with Gasteiger partial charge < -0.3 is 25.6 Å². The predicted octanol–water partition coefficient (Wildman–Crippen LogP) is 0.139. The fourth-order valence-corrected chi connectivity index (χ4v) is 2.68. The van der Waals surface area contributed by atoms with Crippen molar-refractivity contribution < 1.29 is 34.3 Å². The van der Waals surface area contributed by atoms with Crippen molar-refractivity contribution in [2.24, 2.45) is 5.73 Å². The van der Waals surface area contributed by atoms with Crippen molar-refractivity contribution in [2.45, 2.75) is 25.3 Å². The van der Waals surface area contributed by atoms with Crippen LogP contribution in [0.3, 0.4) is 0 Å². The van der Waals surface area contributed by atoms with Crippen LogP contribution in [0.15, 0.2) is 12.1 Å². The number of hydrogen-bond donors (Lipinski definition) is 3. The molecule has 26 heavy (non-hydrogen) atoms. The lowest BCUT2D eigenvalue weighted by Gasteiger charge is -2.18. The summed E-state index contributed by atoms with van der Waals surface area (Å²) in [6.07, 6.45) is 0.104. The molecule has 1 aliphatic heterocycles. The van der Waals surface area contributed by atoms with Crippen molar-refractivity contribution in [2.75, 3.05) is 18.1 Å². The molecular weight excluding hydrogens is 350 g/mol. The molecule has 11 heteroatoms. The Morgan fingerprint density at radius 3 is 2.62 bits per heavy atom. The Hall–Kier alpha value is -3.21. The van der Waals surface area contributed by atoms with Gasteiger partial charge in [0.1, 0.15) is 6.04 Å². The van der Waals surface area contributed by atoms with Gasteiger partial charge in [0.05, 0.1) is 10.6 Å². The number of carboxylic acids is 2. The van der Waals surface area contributed by atoms with Crippen molar-refractivity contribution in [3.63, 3.8) is 0 Å². The number of fused-ring (bicyclic) bond motifs is 1. The first-order valence-electron chi connectivity index (χ1n) is 7.66. The van der Waals surface area contributed by atoms with Crippen LogP contribution in [0.5, 0.6) is 5.75 Å². The maximum absolute atomic E-state index is 12.3. The SMILES string of the molecule is NC(CCC(=O)N1CCc2c1ccc([N+](=O)[O-])c2OCC(=O)O)C(=O)O. The highest BCUT2D eigenvalue weighted by Crippen LogP contribution is 2.41. The number of carbonyl (C=O) groups is 3. The second-order valence-corrected chi connectivity index (χ2v) is 5.63. The molecule has 1 aromatic carbocycles. The number of nitrogens with two attached hydrogens (primary N) is 1. The van der Waals surface area contributed by atoms with Crippen LogP contribution < -0.4 is 15.4 Å². The molecule has 1 aromatic rings. The molecule has 140 valence electrons. The van der Waals surface area contributed by atoms with Gasteiger partial charge in [0.15, 0.2) is 6.61 Å². The van der Waals surface area contributed by atoms with Gasteiger partial charge in [0.2, 0.25) is 11.7 Å². The molecule has 0 saturated carbocycles. The van der Waals surface area contributed by atoms with E-state index in [1.54, 1.807) is 0 Å². The van der Waals surface area contributed by atoms with E-state index in [2.05, 4.69) is 0 Å². The van der Waals surface area contributed by atoms with Crippen LogP contribution in [0.2, 0.25) is 0 Å². The number of anilines is 1. The molecule has 1 heterocycles. The molecule has 11 nitrogen and oxygen atoms in total. The van der Waals surface area contributed by atoms with Gasteiger partial charge >= 0.3 is 17.6 Å². The molecule has 0 bridgehead atoms. The summed E-state index contributed by atoms with van der Waals surface area (Å²) >= 11 is 0. The van der Waals surface area contributed by atoms with E-state index in [9.17, 15) is 24.5 Å². The topological polar surface area (TPSA) is 173 Å². The lowest BCUT2D eigenvalue weighted by atomic mass is 10.1. The first kappa shape index (κ1) is 19.1. The van der Waals surface area contributed by atoms with Crippen molar-refractivity contribution in [3.8, 4) is 5.75 Å². The third kappa shape index (κ3) is 4.06.